The molecule has 0 fully saturated rings. The SMILES string of the molecule is CCCCCNC(=O)CN(c1ccccc1[N+](=O)[O-])S(=O)(=O)c1ccccc1. The zero-order valence-corrected chi connectivity index (χ0v) is 16.4. The van der Waals surface area contributed by atoms with E-state index in [1.165, 1.54) is 36.4 Å². The van der Waals surface area contributed by atoms with Gasteiger partial charge in [-0.1, -0.05) is 50.1 Å². The Morgan fingerprint density at radius 1 is 1.07 bits per heavy atom. The summed E-state index contributed by atoms with van der Waals surface area (Å²) in [7, 11) is -4.17. The van der Waals surface area contributed by atoms with Crippen molar-refractivity contribution >= 4 is 27.3 Å². The standard InChI is InChI=1S/C19H23N3O5S/c1-2-3-9-14-20-19(23)15-21(17-12-7-8-13-18(17)22(24)25)28(26,27)16-10-5-4-6-11-16/h4-8,10-13H,2-3,9,14-15H2,1H3,(H,20,23). The molecule has 0 saturated carbocycles. The van der Waals surface area contributed by atoms with Crippen molar-refractivity contribution in [1.29, 1.82) is 0 Å². The maximum atomic E-state index is 13.1. The van der Waals surface area contributed by atoms with Gasteiger partial charge in [0, 0.05) is 12.6 Å². The fourth-order valence-corrected chi connectivity index (χ4v) is 4.09. The quantitative estimate of drug-likeness (QED) is 0.371. The molecule has 28 heavy (non-hydrogen) atoms. The van der Waals surface area contributed by atoms with Crippen LogP contribution in [-0.4, -0.2) is 32.3 Å². The van der Waals surface area contributed by atoms with Crippen molar-refractivity contribution in [2.75, 3.05) is 17.4 Å². The first-order chi connectivity index (χ1) is 13.4. The molecular formula is C19H23N3O5S. The predicted molar refractivity (Wildman–Crippen MR) is 107 cm³/mol. The Hall–Kier alpha value is -2.94. The molecule has 0 aliphatic rings. The number of nitro groups is 1. The predicted octanol–water partition coefficient (Wildman–Crippen LogP) is 3.10. The number of hydrogen-bond acceptors (Lipinski definition) is 5. The van der Waals surface area contributed by atoms with Crippen molar-refractivity contribution in [1.82, 2.24) is 5.32 Å². The lowest BCUT2D eigenvalue weighted by atomic mass is 10.2. The number of amides is 1. The minimum absolute atomic E-state index is 0.0491. The molecule has 0 bridgehead atoms. The molecule has 0 atom stereocenters. The van der Waals surface area contributed by atoms with E-state index < -0.39 is 27.4 Å². The Balaban J connectivity index is 2.40. The first kappa shape index (κ1) is 21.4. The summed E-state index contributed by atoms with van der Waals surface area (Å²) >= 11 is 0. The van der Waals surface area contributed by atoms with Crippen LogP contribution in [0.2, 0.25) is 0 Å². The van der Waals surface area contributed by atoms with Crippen LogP contribution in [-0.2, 0) is 14.8 Å². The minimum Gasteiger partial charge on any atom is -0.355 e. The number of unbranched alkanes of at least 4 members (excludes halogenated alkanes) is 2. The Labute approximate surface area is 164 Å². The van der Waals surface area contributed by atoms with Gasteiger partial charge in [0.1, 0.15) is 12.2 Å². The number of para-hydroxylation sites is 2. The van der Waals surface area contributed by atoms with Crippen LogP contribution in [0.5, 0.6) is 0 Å². The molecule has 150 valence electrons. The molecular weight excluding hydrogens is 382 g/mol. The number of carbonyl (C=O) groups is 1. The van der Waals surface area contributed by atoms with Gasteiger partial charge in [-0.3, -0.25) is 14.9 Å². The van der Waals surface area contributed by atoms with Gasteiger partial charge in [-0.25, -0.2) is 12.7 Å². The Morgan fingerprint density at radius 3 is 2.36 bits per heavy atom. The van der Waals surface area contributed by atoms with Crippen LogP contribution in [0.25, 0.3) is 0 Å². The molecule has 9 heteroatoms. The average Bonchev–Trinajstić information content (AvgIpc) is 2.70. The number of nitro benzene ring substituents is 1. The van der Waals surface area contributed by atoms with Gasteiger partial charge >= 0.3 is 0 Å². The number of benzene rings is 2. The summed E-state index contributed by atoms with van der Waals surface area (Å²) in [5.41, 5.74) is -0.541. The van der Waals surface area contributed by atoms with Gasteiger partial charge in [-0.2, -0.15) is 0 Å². The summed E-state index contributed by atoms with van der Waals surface area (Å²) in [6, 6.07) is 13.0. The van der Waals surface area contributed by atoms with Crippen LogP contribution in [0, 0.1) is 10.1 Å². The summed E-state index contributed by atoms with van der Waals surface area (Å²) < 4.78 is 27.1. The number of nitrogens with zero attached hydrogens (tertiary/aromatic N) is 2. The van der Waals surface area contributed by atoms with E-state index in [0.29, 0.717) is 6.54 Å². The highest BCUT2D eigenvalue weighted by Gasteiger charge is 2.31. The van der Waals surface area contributed by atoms with Crippen LogP contribution < -0.4 is 9.62 Å². The first-order valence-electron chi connectivity index (χ1n) is 8.95. The number of rotatable bonds is 10. The number of sulfonamides is 1. The monoisotopic (exact) mass is 405 g/mol. The van der Waals surface area contributed by atoms with Crippen molar-refractivity contribution < 1.29 is 18.1 Å². The maximum Gasteiger partial charge on any atom is 0.293 e. The van der Waals surface area contributed by atoms with Crippen LogP contribution in [0.15, 0.2) is 59.5 Å². The van der Waals surface area contributed by atoms with Crippen LogP contribution in [0.3, 0.4) is 0 Å². The van der Waals surface area contributed by atoms with Crippen LogP contribution in [0.4, 0.5) is 11.4 Å². The zero-order chi connectivity index (χ0) is 20.6. The average molecular weight is 405 g/mol. The second-order valence-electron chi connectivity index (χ2n) is 6.13. The Bertz CT molecular complexity index is 916. The number of carbonyl (C=O) groups excluding carboxylic acids is 1. The summed E-state index contributed by atoms with van der Waals surface area (Å²) in [6.45, 7) is 1.90. The van der Waals surface area contributed by atoms with Gasteiger partial charge in [0.05, 0.1) is 9.82 Å². The third-order valence-electron chi connectivity index (χ3n) is 4.07. The van der Waals surface area contributed by atoms with E-state index in [4.69, 9.17) is 0 Å². The van der Waals surface area contributed by atoms with Crippen molar-refractivity contribution in [2.45, 2.75) is 31.1 Å². The van der Waals surface area contributed by atoms with Gasteiger partial charge < -0.3 is 5.32 Å². The van der Waals surface area contributed by atoms with Crippen molar-refractivity contribution in [3.05, 3.63) is 64.7 Å². The van der Waals surface area contributed by atoms with E-state index >= 15 is 0 Å². The van der Waals surface area contributed by atoms with Gasteiger partial charge in [-0.05, 0) is 24.6 Å². The number of hydrogen-bond donors (Lipinski definition) is 1. The molecule has 0 unspecified atom stereocenters. The topological polar surface area (TPSA) is 110 Å². The highest BCUT2D eigenvalue weighted by Crippen LogP contribution is 2.31. The second kappa shape index (κ2) is 9.84. The van der Waals surface area contributed by atoms with Gasteiger partial charge in [0.2, 0.25) is 5.91 Å². The molecule has 8 nitrogen and oxygen atoms in total. The molecule has 1 amide bonds. The molecule has 2 rings (SSSR count). The van der Waals surface area contributed by atoms with Gasteiger partial charge in [0.25, 0.3) is 15.7 Å². The lowest BCUT2D eigenvalue weighted by molar-refractivity contribution is -0.384. The van der Waals surface area contributed by atoms with E-state index in [1.54, 1.807) is 18.2 Å². The normalized spacial score (nSPS) is 11.0. The zero-order valence-electron chi connectivity index (χ0n) is 15.6. The van der Waals surface area contributed by atoms with E-state index in [1.807, 2.05) is 6.92 Å². The lowest BCUT2D eigenvalue weighted by Crippen LogP contribution is -2.41. The fraction of sp³-hybridized carbons (Fsp3) is 0.316. The molecule has 2 aromatic carbocycles. The molecule has 0 aliphatic heterocycles. The summed E-state index contributed by atoms with van der Waals surface area (Å²) in [5, 5.41) is 14.1. The lowest BCUT2D eigenvalue weighted by Gasteiger charge is -2.23. The molecule has 0 saturated heterocycles. The Morgan fingerprint density at radius 2 is 1.71 bits per heavy atom. The Kier molecular flexibility index (Phi) is 7.51. The van der Waals surface area contributed by atoms with E-state index in [2.05, 4.69) is 5.32 Å². The maximum absolute atomic E-state index is 13.1. The molecule has 1 N–H and O–H groups in total. The van der Waals surface area contributed by atoms with Crippen LogP contribution >= 0.6 is 0 Å². The molecule has 0 aliphatic carbocycles. The van der Waals surface area contributed by atoms with Gasteiger partial charge in [-0.15, -0.1) is 0 Å². The van der Waals surface area contributed by atoms with E-state index in [-0.39, 0.29) is 16.3 Å². The number of anilines is 1. The fourth-order valence-electron chi connectivity index (χ4n) is 2.64. The summed E-state index contributed by atoms with van der Waals surface area (Å²) in [6.07, 6.45) is 2.70. The summed E-state index contributed by atoms with van der Waals surface area (Å²) in [4.78, 5) is 23.1. The molecule has 0 aromatic heterocycles. The first-order valence-corrected chi connectivity index (χ1v) is 10.4. The third kappa shape index (κ3) is 5.29. The van der Waals surface area contributed by atoms with Crippen molar-refractivity contribution in [3.8, 4) is 0 Å². The highest BCUT2D eigenvalue weighted by atomic mass is 32.2. The third-order valence-corrected chi connectivity index (χ3v) is 5.84. The van der Waals surface area contributed by atoms with E-state index in [9.17, 15) is 23.3 Å². The molecule has 0 radical (unpaired) electrons. The van der Waals surface area contributed by atoms with Crippen molar-refractivity contribution in [2.24, 2.45) is 0 Å². The van der Waals surface area contributed by atoms with Gasteiger partial charge in [0.15, 0.2) is 0 Å². The highest BCUT2D eigenvalue weighted by molar-refractivity contribution is 7.92. The van der Waals surface area contributed by atoms with Crippen molar-refractivity contribution in [3.63, 3.8) is 0 Å². The largest absolute Gasteiger partial charge is 0.355 e. The molecule has 0 spiro atoms. The number of nitrogens with one attached hydrogen (secondary N) is 1. The molecule has 0 heterocycles. The molecule has 2 aromatic rings. The van der Waals surface area contributed by atoms with E-state index in [0.717, 1.165) is 23.6 Å². The minimum atomic E-state index is -4.17. The summed E-state index contributed by atoms with van der Waals surface area (Å²) in [5.74, 6) is -0.520. The van der Waals surface area contributed by atoms with Crippen LogP contribution in [0.1, 0.15) is 26.2 Å². The smallest absolute Gasteiger partial charge is 0.293 e. The second-order valence-corrected chi connectivity index (χ2v) is 7.99.